The summed E-state index contributed by atoms with van der Waals surface area (Å²) >= 11 is 0. The average Bonchev–Trinajstić information content (AvgIpc) is 2.10. The molecule has 4 N–H and O–H groups in total. The highest BCUT2D eigenvalue weighted by Crippen LogP contribution is 2.38. The van der Waals surface area contributed by atoms with Gasteiger partial charge in [-0.15, -0.1) is 0 Å². The van der Waals surface area contributed by atoms with Crippen molar-refractivity contribution >= 4 is 5.91 Å². The van der Waals surface area contributed by atoms with Crippen LogP contribution in [-0.2, 0) is 4.79 Å². The minimum atomic E-state index is -1.07. The van der Waals surface area contributed by atoms with Crippen molar-refractivity contribution in [3.63, 3.8) is 0 Å². The lowest BCUT2D eigenvalue weighted by atomic mass is 9.70. The normalized spacial score (nSPS) is 31.0. The number of carbonyl (C=O) groups excluding carboxylic acids is 1. The van der Waals surface area contributed by atoms with Gasteiger partial charge in [0.25, 0.3) is 0 Å². The molecule has 0 spiro atoms. The second kappa shape index (κ2) is 5.15. The van der Waals surface area contributed by atoms with E-state index in [1.54, 1.807) is 0 Å². The largest absolute Gasteiger partial charge is 0.382 e. The van der Waals surface area contributed by atoms with E-state index in [0.29, 0.717) is 17.4 Å². The Morgan fingerprint density at radius 2 is 2.19 bits per heavy atom. The number of amides is 1. The van der Waals surface area contributed by atoms with Crippen LogP contribution in [0.25, 0.3) is 0 Å². The van der Waals surface area contributed by atoms with Gasteiger partial charge in [0, 0.05) is 12.6 Å². The Balaban J connectivity index is 2.40. The first kappa shape index (κ1) is 13.5. The van der Waals surface area contributed by atoms with Gasteiger partial charge in [-0.25, -0.2) is 0 Å². The lowest BCUT2D eigenvalue weighted by molar-refractivity contribution is -0.125. The Morgan fingerprint density at radius 3 is 2.69 bits per heavy atom. The van der Waals surface area contributed by atoms with E-state index in [9.17, 15) is 9.90 Å². The molecule has 0 radical (unpaired) electrons. The number of rotatable bonds is 4. The fraction of sp³-hybridized carbons (Fsp3) is 0.917. The van der Waals surface area contributed by atoms with Gasteiger partial charge in [-0.3, -0.25) is 4.79 Å². The molecule has 0 heterocycles. The maximum atomic E-state index is 10.7. The molecule has 1 aliphatic carbocycles. The van der Waals surface area contributed by atoms with Crippen molar-refractivity contribution < 1.29 is 9.90 Å². The molecule has 1 amide bonds. The third kappa shape index (κ3) is 4.10. The SMILES string of the molecule is CC1CC(NCC(O)C(N)=O)CC(C)(C)C1. The van der Waals surface area contributed by atoms with Crippen LogP contribution >= 0.6 is 0 Å². The second-order valence-electron chi connectivity index (χ2n) is 5.94. The molecule has 1 saturated carbocycles. The van der Waals surface area contributed by atoms with Crippen molar-refractivity contribution in [1.29, 1.82) is 0 Å². The molecule has 0 saturated heterocycles. The first-order chi connectivity index (χ1) is 7.30. The van der Waals surface area contributed by atoms with Gasteiger partial charge in [-0.05, 0) is 30.6 Å². The molecule has 0 aromatic heterocycles. The predicted molar refractivity (Wildman–Crippen MR) is 63.8 cm³/mol. The zero-order valence-corrected chi connectivity index (χ0v) is 10.5. The van der Waals surface area contributed by atoms with Gasteiger partial charge < -0.3 is 16.2 Å². The molecule has 4 heteroatoms. The summed E-state index contributed by atoms with van der Waals surface area (Å²) in [5.41, 5.74) is 5.34. The Hall–Kier alpha value is -0.610. The van der Waals surface area contributed by atoms with Gasteiger partial charge in [-0.2, -0.15) is 0 Å². The lowest BCUT2D eigenvalue weighted by Crippen LogP contribution is -2.45. The van der Waals surface area contributed by atoms with Crippen LogP contribution in [0, 0.1) is 11.3 Å². The highest BCUT2D eigenvalue weighted by atomic mass is 16.3. The zero-order valence-electron chi connectivity index (χ0n) is 10.5. The van der Waals surface area contributed by atoms with Crippen molar-refractivity contribution in [2.75, 3.05) is 6.54 Å². The minimum Gasteiger partial charge on any atom is -0.382 e. The monoisotopic (exact) mass is 228 g/mol. The Bertz CT molecular complexity index is 253. The second-order valence-corrected chi connectivity index (χ2v) is 5.94. The molecule has 16 heavy (non-hydrogen) atoms. The Morgan fingerprint density at radius 1 is 1.56 bits per heavy atom. The topological polar surface area (TPSA) is 75.3 Å². The standard InChI is InChI=1S/C12H24N2O2/c1-8-4-9(6-12(2,3)5-8)14-7-10(15)11(13)16/h8-10,14-15H,4-7H2,1-3H3,(H2,13,16). The summed E-state index contributed by atoms with van der Waals surface area (Å²) in [6.07, 6.45) is 2.36. The molecule has 0 aromatic carbocycles. The van der Waals surface area contributed by atoms with Crippen molar-refractivity contribution in [3.05, 3.63) is 0 Å². The van der Waals surface area contributed by atoms with Crippen LogP contribution in [-0.4, -0.2) is 29.7 Å². The summed E-state index contributed by atoms with van der Waals surface area (Å²) in [7, 11) is 0. The molecular weight excluding hydrogens is 204 g/mol. The molecule has 1 aliphatic rings. The molecule has 1 fully saturated rings. The number of hydrogen-bond donors (Lipinski definition) is 3. The van der Waals surface area contributed by atoms with Gasteiger partial charge in [0.2, 0.25) is 5.91 Å². The first-order valence-electron chi connectivity index (χ1n) is 6.01. The summed E-state index contributed by atoms with van der Waals surface area (Å²) in [6.45, 7) is 7.05. The van der Waals surface area contributed by atoms with E-state index in [0.717, 1.165) is 12.8 Å². The fourth-order valence-corrected chi connectivity index (χ4v) is 2.88. The van der Waals surface area contributed by atoms with E-state index in [1.165, 1.54) is 6.42 Å². The summed E-state index contributed by atoms with van der Waals surface area (Å²) in [6, 6.07) is 0.382. The summed E-state index contributed by atoms with van der Waals surface area (Å²) in [5, 5.41) is 12.6. The molecule has 1 rings (SSSR count). The number of aliphatic hydroxyl groups excluding tert-OH is 1. The van der Waals surface area contributed by atoms with Crippen LogP contribution in [0.2, 0.25) is 0 Å². The molecule has 0 aliphatic heterocycles. The van der Waals surface area contributed by atoms with Gasteiger partial charge >= 0.3 is 0 Å². The fourth-order valence-electron chi connectivity index (χ4n) is 2.88. The summed E-state index contributed by atoms with van der Waals surface area (Å²) in [5.74, 6) is 0.0302. The van der Waals surface area contributed by atoms with Crippen LogP contribution < -0.4 is 11.1 Å². The number of hydrogen-bond acceptors (Lipinski definition) is 3. The zero-order chi connectivity index (χ0) is 12.3. The lowest BCUT2D eigenvalue weighted by Gasteiger charge is -2.39. The van der Waals surface area contributed by atoms with Crippen LogP contribution in [0.4, 0.5) is 0 Å². The molecule has 0 aromatic rings. The number of nitrogens with one attached hydrogen (secondary N) is 1. The van der Waals surface area contributed by atoms with Crippen molar-refractivity contribution in [2.24, 2.45) is 17.1 Å². The molecular formula is C12H24N2O2. The quantitative estimate of drug-likeness (QED) is 0.661. The molecule has 3 atom stereocenters. The minimum absolute atomic E-state index is 0.267. The smallest absolute Gasteiger partial charge is 0.247 e. The first-order valence-corrected chi connectivity index (χ1v) is 6.01. The van der Waals surface area contributed by atoms with Gasteiger partial charge in [0.1, 0.15) is 6.10 Å². The Labute approximate surface area is 97.6 Å². The van der Waals surface area contributed by atoms with E-state index in [1.807, 2.05) is 0 Å². The highest BCUT2D eigenvalue weighted by molar-refractivity contribution is 5.78. The number of nitrogens with two attached hydrogens (primary N) is 1. The predicted octanol–water partition coefficient (Wildman–Crippen LogP) is 0.637. The Kier molecular flexibility index (Phi) is 4.33. The molecule has 0 bridgehead atoms. The maximum absolute atomic E-state index is 10.7. The third-order valence-corrected chi connectivity index (χ3v) is 3.32. The number of carbonyl (C=O) groups is 1. The maximum Gasteiger partial charge on any atom is 0.247 e. The van der Waals surface area contributed by atoms with Gasteiger partial charge in [0.15, 0.2) is 0 Å². The van der Waals surface area contributed by atoms with Crippen molar-refractivity contribution in [3.8, 4) is 0 Å². The van der Waals surface area contributed by atoms with Crippen molar-refractivity contribution in [2.45, 2.75) is 52.2 Å². The van der Waals surface area contributed by atoms with Gasteiger partial charge in [0.05, 0.1) is 0 Å². The van der Waals surface area contributed by atoms with E-state index in [4.69, 9.17) is 5.73 Å². The van der Waals surface area contributed by atoms with E-state index in [2.05, 4.69) is 26.1 Å². The van der Waals surface area contributed by atoms with Crippen LogP contribution in [0.5, 0.6) is 0 Å². The van der Waals surface area contributed by atoms with E-state index in [-0.39, 0.29) is 6.54 Å². The van der Waals surface area contributed by atoms with Crippen LogP contribution in [0.3, 0.4) is 0 Å². The van der Waals surface area contributed by atoms with Crippen LogP contribution in [0.1, 0.15) is 40.0 Å². The average molecular weight is 228 g/mol. The summed E-state index contributed by atoms with van der Waals surface area (Å²) < 4.78 is 0. The molecule has 4 nitrogen and oxygen atoms in total. The summed E-state index contributed by atoms with van der Waals surface area (Å²) in [4.78, 5) is 10.7. The third-order valence-electron chi connectivity index (χ3n) is 3.32. The van der Waals surface area contributed by atoms with E-state index < -0.39 is 12.0 Å². The van der Waals surface area contributed by atoms with Gasteiger partial charge in [-0.1, -0.05) is 20.8 Å². The molecule has 3 unspecified atom stereocenters. The number of aliphatic hydroxyl groups is 1. The highest BCUT2D eigenvalue weighted by Gasteiger charge is 2.32. The number of primary amides is 1. The van der Waals surface area contributed by atoms with Crippen LogP contribution in [0.15, 0.2) is 0 Å². The molecule has 94 valence electrons. The van der Waals surface area contributed by atoms with E-state index >= 15 is 0 Å². The van der Waals surface area contributed by atoms with Crippen molar-refractivity contribution in [1.82, 2.24) is 5.32 Å².